The van der Waals surface area contributed by atoms with E-state index in [0.29, 0.717) is 5.82 Å². The number of para-hydroxylation sites is 2. The zero-order valence-electron chi connectivity index (χ0n) is 23.4. The van der Waals surface area contributed by atoms with Crippen molar-refractivity contribution in [1.82, 2.24) is 9.97 Å². The van der Waals surface area contributed by atoms with E-state index in [2.05, 4.69) is 120 Å². The lowest BCUT2D eigenvalue weighted by molar-refractivity contribution is 1.14. The van der Waals surface area contributed by atoms with Crippen molar-refractivity contribution in [3.05, 3.63) is 164 Å². The SMILES string of the molecule is c1ccc(N(c2ccccc2)c2cnc(-c3ccc4cc(-c5cc6ccccc6c6ccccc56)ccc4c3)nc2)cc1. The molecule has 0 saturated carbocycles. The summed E-state index contributed by atoms with van der Waals surface area (Å²) in [6.07, 6.45) is 3.81. The number of hydrogen-bond donors (Lipinski definition) is 0. The van der Waals surface area contributed by atoms with Crippen molar-refractivity contribution in [2.75, 3.05) is 4.90 Å². The van der Waals surface area contributed by atoms with E-state index in [0.717, 1.165) is 28.0 Å². The normalized spacial score (nSPS) is 11.3. The molecule has 0 saturated heterocycles. The van der Waals surface area contributed by atoms with Gasteiger partial charge in [0.05, 0.1) is 18.1 Å². The number of nitrogens with zero attached hydrogens (tertiary/aromatic N) is 3. The second-order valence-corrected chi connectivity index (χ2v) is 10.7. The maximum atomic E-state index is 4.80. The molecule has 202 valence electrons. The molecule has 7 aromatic carbocycles. The van der Waals surface area contributed by atoms with Gasteiger partial charge in [-0.2, -0.15) is 0 Å². The van der Waals surface area contributed by atoms with Gasteiger partial charge in [-0.05, 0) is 85.9 Å². The molecule has 8 rings (SSSR count). The highest BCUT2D eigenvalue weighted by molar-refractivity contribution is 6.14. The summed E-state index contributed by atoms with van der Waals surface area (Å²) in [5, 5.41) is 7.44. The largest absolute Gasteiger partial charge is 0.308 e. The van der Waals surface area contributed by atoms with Gasteiger partial charge in [0.15, 0.2) is 5.82 Å². The first-order valence-electron chi connectivity index (χ1n) is 14.5. The Hall–Kier alpha value is -5.80. The summed E-state index contributed by atoms with van der Waals surface area (Å²) >= 11 is 0. The van der Waals surface area contributed by atoms with Crippen LogP contribution in [0.5, 0.6) is 0 Å². The van der Waals surface area contributed by atoms with E-state index >= 15 is 0 Å². The van der Waals surface area contributed by atoms with E-state index in [1.54, 1.807) is 0 Å². The first-order valence-corrected chi connectivity index (χ1v) is 14.5. The Balaban J connectivity index is 1.15. The summed E-state index contributed by atoms with van der Waals surface area (Å²) in [6.45, 7) is 0. The van der Waals surface area contributed by atoms with Crippen LogP contribution in [0.25, 0.3) is 54.8 Å². The fraction of sp³-hybridized carbons (Fsp3) is 0. The van der Waals surface area contributed by atoms with Crippen LogP contribution < -0.4 is 4.90 Å². The lowest BCUT2D eigenvalue weighted by atomic mass is 9.92. The quantitative estimate of drug-likeness (QED) is 0.200. The minimum Gasteiger partial charge on any atom is -0.308 e. The fourth-order valence-electron chi connectivity index (χ4n) is 6.03. The van der Waals surface area contributed by atoms with E-state index in [9.17, 15) is 0 Å². The van der Waals surface area contributed by atoms with Crippen molar-refractivity contribution >= 4 is 49.4 Å². The van der Waals surface area contributed by atoms with Crippen LogP contribution in [0.2, 0.25) is 0 Å². The number of fused-ring (bicyclic) bond motifs is 4. The molecule has 0 radical (unpaired) electrons. The highest BCUT2D eigenvalue weighted by Gasteiger charge is 2.14. The zero-order chi connectivity index (χ0) is 28.6. The van der Waals surface area contributed by atoms with E-state index in [1.807, 2.05) is 48.8 Å². The van der Waals surface area contributed by atoms with Crippen molar-refractivity contribution in [3.8, 4) is 22.5 Å². The molecule has 0 unspecified atom stereocenters. The van der Waals surface area contributed by atoms with Crippen LogP contribution in [0, 0.1) is 0 Å². The lowest BCUT2D eigenvalue weighted by Crippen LogP contribution is -2.10. The molecule has 0 fully saturated rings. The van der Waals surface area contributed by atoms with E-state index < -0.39 is 0 Å². The molecule has 0 aliphatic rings. The summed E-state index contributed by atoms with van der Waals surface area (Å²) in [7, 11) is 0. The Morgan fingerprint density at radius 3 is 1.58 bits per heavy atom. The van der Waals surface area contributed by atoms with Crippen molar-refractivity contribution in [3.63, 3.8) is 0 Å². The third-order valence-electron chi connectivity index (χ3n) is 8.10. The molecule has 43 heavy (non-hydrogen) atoms. The van der Waals surface area contributed by atoms with Gasteiger partial charge in [-0.25, -0.2) is 9.97 Å². The number of aromatic nitrogens is 2. The van der Waals surface area contributed by atoms with Crippen LogP contribution in [-0.4, -0.2) is 9.97 Å². The molecule has 0 aliphatic carbocycles. The van der Waals surface area contributed by atoms with Crippen molar-refractivity contribution in [2.45, 2.75) is 0 Å². The molecule has 1 aromatic heterocycles. The zero-order valence-corrected chi connectivity index (χ0v) is 23.4. The van der Waals surface area contributed by atoms with Crippen LogP contribution in [-0.2, 0) is 0 Å². The number of benzene rings is 7. The minimum absolute atomic E-state index is 0.705. The summed E-state index contributed by atoms with van der Waals surface area (Å²) in [5.41, 5.74) is 6.49. The molecule has 3 heteroatoms. The first kappa shape index (κ1) is 25.0. The number of rotatable bonds is 5. The first-order chi connectivity index (χ1) is 21.3. The van der Waals surface area contributed by atoms with Gasteiger partial charge in [0.25, 0.3) is 0 Å². The van der Waals surface area contributed by atoms with Crippen LogP contribution in [0.15, 0.2) is 164 Å². The maximum absolute atomic E-state index is 4.80. The molecule has 0 atom stereocenters. The summed E-state index contributed by atoms with van der Waals surface area (Å²) in [5.74, 6) is 0.705. The molecule has 0 amide bonds. The lowest BCUT2D eigenvalue weighted by Gasteiger charge is -2.24. The predicted molar refractivity (Wildman–Crippen MR) is 180 cm³/mol. The van der Waals surface area contributed by atoms with Crippen LogP contribution in [0.3, 0.4) is 0 Å². The third kappa shape index (κ3) is 4.58. The van der Waals surface area contributed by atoms with Gasteiger partial charge in [-0.3, -0.25) is 0 Å². The molecule has 0 spiro atoms. The molecular formula is C40H27N3. The minimum atomic E-state index is 0.705. The van der Waals surface area contributed by atoms with E-state index in [1.165, 1.54) is 38.1 Å². The molecule has 3 nitrogen and oxygen atoms in total. The van der Waals surface area contributed by atoms with Gasteiger partial charge in [0.1, 0.15) is 0 Å². The Morgan fingerprint density at radius 1 is 0.372 bits per heavy atom. The average Bonchev–Trinajstić information content (AvgIpc) is 3.09. The molecular weight excluding hydrogens is 522 g/mol. The van der Waals surface area contributed by atoms with Crippen molar-refractivity contribution in [2.24, 2.45) is 0 Å². The van der Waals surface area contributed by atoms with Gasteiger partial charge < -0.3 is 4.90 Å². The second-order valence-electron chi connectivity index (χ2n) is 10.7. The Kier molecular flexibility index (Phi) is 6.12. The van der Waals surface area contributed by atoms with Crippen molar-refractivity contribution < 1.29 is 0 Å². The standard InChI is InChI=1S/C40H27N3/c1-3-12-33(13-4-1)43(34-14-5-2-6-15-34)35-26-41-40(42-27-35)32-22-20-28-23-31(21-19-29(28)24-32)39-25-30-11-7-8-16-36(30)37-17-9-10-18-38(37)39/h1-27H. The van der Waals surface area contributed by atoms with Crippen LogP contribution in [0.1, 0.15) is 0 Å². The smallest absolute Gasteiger partial charge is 0.159 e. The number of anilines is 3. The topological polar surface area (TPSA) is 29.0 Å². The maximum Gasteiger partial charge on any atom is 0.159 e. The number of hydrogen-bond acceptors (Lipinski definition) is 3. The molecule has 0 aliphatic heterocycles. The Bertz CT molecular complexity index is 2180. The van der Waals surface area contributed by atoms with Crippen molar-refractivity contribution in [1.29, 1.82) is 0 Å². The van der Waals surface area contributed by atoms with Gasteiger partial charge in [-0.1, -0.05) is 109 Å². The monoisotopic (exact) mass is 549 g/mol. The highest BCUT2D eigenvalue weighted by Crippen LogP contribution is 2.37. The highest BCUT2D eigenvalue weighted by atomic mass is 15.2. The average molecular weight is 550 g/mol. The molecule has 8 aromatic rings. The van der Waals surface area contributed by atoms with Crippen LogP contribution >= 0.6 is 0 Å². The summed E-state index contributed by atoms with van der Waals surface area (Å²) in [6, 6.07) is 53.4. The third-order valence-corrected chi connectivity index (χ3v) is 8.10. The Morgan fingerprint density at radius 2 is 0.907 bits per heavy atom. The van der Waals surface area contributed by atoms with Crippen LogP contribution in [0.4, 0.5) is 17.1 Å². The van der Waals surface area contributed by atoms with E-state index in [4.69, 9.17) is 9.97 Å². The molecule has 0 N–H and O–H groups in total. The van der Waals surface area contributed by atoms with Gasteiger partial charge in [0.2, 0.25) is 0 Å². The predicted octanol–water partition coefficient (Wildman–Crippen LogP) is 10.7. The second kappa shape index (κ2) is 10.6. The fourth-order valence-corrected chi connectivity index (χ4v) is 6.03. The summed E-state index contributed by atoms with van der Waals surface area (Å²) in [4.78, 5) is 11.8. The van der Waals surface area contributed by atoms with Gasteiger partial charge >= 0.3 is 0 Å². The van der Waals surface area contributed by atoms with E-state index in [-0.39, 0.29) is 0 Å². The summed E-state index contributed by atoms with van der Waals surface area (Å²) < 4.78 is 0. The van der Waals surface area contributed by atoms with Gasteiger partial charge in [0, 0.05) is 16.9 Å². The Labute approximate surface area is 250 Å². The van der Waals surface area contributed by atoms with Gasteiger partial charge in [-0.15, -0.1) is 0 Å². The molecule has 1 heterocycles. The molecule has 0 bridgehead atoms.